The summed E-state index contributed by atoms with van der Waals surface area (Å²) < 4.78 is 28.0. The number of sulfone groups is 1. The third-order valence-electron chi connectivity index (χ3n) is 2.79. The second-order valence-corrected chi connectivity index (χ2v) is 6.82. The lowest BCUT2D eigenvalue weighted by atomic mass is 10.2. The van der Waals surface area contributed by atoms with Gasteiger partial charge in [0.1, 0.15) is 15.6 Å². The molecule has 0 fully saturated rings. The molecule has 0 saturated carbocycles. The standard InChI is InChI=1S/C14H23NO3S/c1-3-18-14-8-5-7-13(11-14)12-15-9-6-10-19(16,17)4-2/h5,7-8,11,15H,3-4,6,9-10,12H2,1-2H3. The van der Waals surface area contributed by atoms with E-state index >= 15 is 0 Å². The number of benzene rings is 1. The van der Waals surface area contributed by atoms with Crippen molar-refractivity contribution in [1.29, 1.82) is 0 Å². The van der Waals surface area contributed by atoms with Crippen molar-refractivity contribution in [2.24, 2.45) is 0 Å². The third-order valence-corrected chi connectivity index (χ3v) is 4.58. The molecule has 0 heterocycles. The highest BCUT2D eigenvalue weighted by Crippen LogP contribution is 2.12. The molecule has 1 rings (SSSR count). The van der Waals surface area contributed by atoms with E-state index in [4.69, 9.17) is 4.74 Å². The molecular formula is C14H23NO3S. The van der Waals surface area contributed by atoms with Crippen molar-refractivity contribution >= 4 is 9.84 Å². The van der Waals surface area contributed by atoms with Crippen molar-refractivity contribution in [3.8, 4) is 5.75 Å². The van der Waals surface area contributed by atoms with Crippen LogP contribution < -0.4 is 10.1 Å². The van der Waals surface area contributed by atoms with E-state index in [9.17, 15) is 8.42 Å². The molecule has 0 aliphatic heterocycles. The lowest BCUT2D eigenvalue weighted by Gasteiger charge is -2.07. The highest BCUT2D eigenvalue weighted by molar-refractivity contribution is 7.91. The normalized spacial score (nSPS) is 11.5. The van der Waals surface area contributed by atoms with Crippen LogP contribution in [0, 0.1) is 0 Å². The zero-order valence-electron chi connectivity index (χ0n) is 11.7. The summed E-state index contributed by atoms with van der Waals surface area (Å²) in [5, 5.41) is 3.25. The zero-order valence-corrected chi connectivity index (χ0v) is 12.5. The van der Waals surface area contributed by atoms with Gasteiger partial charge >= 0.3 is 0 Å². The van der Waals surface area contributed by atoms with E-state index in [1.54, 1.807) is 6.92 Å². The SMILES string of the molecule is CCOc1cccc(CNCCCS(=O)(=O)CC)c1. The summed E-state index contributed by atoms with van der Waals surface area (Å²) in [5.41, 5.74) is 1.14. The van der Waals surface area contributed by atoms with Crippen LogP contribution in [0.25, 0.3) is 0 Å². The van der Waals surface area contributed by atoms with Crippen LogP contribution in [0.3, 0.4) is 0 Å². The molecule has 19 heavy (non-hydrogen) atoms. The van der Waals surface area contributed by atoms with Crippen molar-refractivity contribution in [3.05, 3.63) is 29.8 Å². The first kappa shape index (κ1) is 16.0. The lowest BCUT2D eigenvalue weighted by molar-refractivity contribution is 0.340. The maximum absolute atomic E-state index is 11.3. The molecule has 0 radical (unpaired) electrons. The first-order valence-corrected chi connectivity index (χ1v) is 8.52. The van der Waals surface area contributed by atoms with Gasteiger partial charge in [0.2, 0.25) is 0 Å². The Morgan fingerprint density at radius 3 is 2.74 bits per heavy atom. The van der Waals surface area contributed by atoms with Crippen molar-refractivity contribution in [2.45, 2.75) is 26.8 Å². The van der Waals surface area contributed by atoms with Crippen molar-refractivity contribution < 1.29 is 13.2 Å². The summed E-state index contributed by atoms with van der Waals surface area (Å²) in [7, 11) is -2.84. The molecular weight excluding hydrogens is 262 g/mol. The van der Waals surface area contributed by atoms with Gasteiger partial charge in [0.15, 0.2) is 0 Å². The van der Waals surface area contributed by atoms with Gasteiger partial charge in [-0.25, -0.2) is 8.42 Å². The van der Waals surface area contributed by atoms with E-state index in [0.29, 0.717) is 19.6 Å². The fourth-order valence-electron chi connectivity index (χ4n) is 1.71. The molecule has 0 atom stereocenters. The molecule has 1 N–H and O–H groups in total. The van der Waals surface area contributed by atoms with Crippen LogP contribution in [0.15, 0.2) is 24.3 Å². The molecule has 1 aromatic carbocycles. The van der Waals surface area contributed by atoms with Crippen LogP contribution in [0.4, 0.5) is 0 Å². The van der Waals surface area contributed by atoms with E-state index in [1.807, 2.05) is 31.2 Å². The van der Waals surface area contributed by atoms with Gasteiger partial charge in [0.05, 0.1) is 12.4 Å². The Labute approximate surface area is 116 Å². The van der Waals surface area contributed by atoms with Gasteiger partial charge in [-0.05, 0) is 37.6 Å². The molecule has 0 aliphatic carbocycles. The first-order valence-electron chi connectivity index (χ1n) is 6.70. The molecule has 0 aromatic heterocycles. The summed E-state index contributed by atoms with van der Waals surface area (Å²) in [4.78, 5) is 0. The average Bonchev–Trinajstić information content (AvgIpc) is 2.39. The molecule has 4 nitrogen and oxygen atoms in total. The highest BCUT2D eigenvalue weighted by Gasteiger charge is 2.05. The van der Waals surface area contributed by atoms with Crippen LogP contribution in [0.5, 0.6) is 5.75 Å². The van der Waals surface area contributed by atoms with Crippen LogP contribution in [-0.4, -0.2) is 33.1 Å². The minimum Gasteiger partial charge on any atom is -0.494 e. The predicted molar refractivity (Wildman–Crippen MR) is 78.3 cm³/mol. The van der Waals surface area contributed by atoms with E-state index in [-0.39, 0.29) is 11.5 Å². The van der Waals surface area contributed by atoms with Gasteiger partial charge in [-0.15, -0.1) is 0 Å². The summed E-state index contributed by atoms with van der Waals surface area (Å²) in [6, 6.07) is 7.92. The van der Waals surface area contributed by atoms with Gasteiger partial charge in [-0.3, -0.25) is 0 Å². The summed E-state index contributed by atoms with van der Waals surface area (Å²) >= 11 is 0. The highest BCUT2D eigenvalue weighted by atomic mass is 32.2. The number of rotatable bonds is 9. The average molecular weight is 285 g/mol. The quantitative estimate of drug-likeness (QED) is 0.705. The maximum Gasteiger partial charge on any atom is 0.150 e. The molecule has 0 saturated heterocycles. The van der Waals surface area contributed by atoms with Crippen molar-refractivity contribution in [1.82, 2.24) is 5.32 Å². The minimum atomic E-state index is -2.84. The largest absolute Gasteiger partial charge is 0.494 e. The Balaban J connectivity index is 2.28. The van der Waals surface area contributed by atoms with Gasteiger partial charge in [0, 0.05) is 12.3 Å². The fourth-order valence-corrected chi connectivity index (χ4v) is 2.58. The van der Waals surface area contributed by atoms with Crippen LogP contribution >= 0.6 is 0 Å². The maximum atomic E-state index is 11.3. The number of ether oxygens (including phenoxy) is 1. The molecule has 0 bridgehead atoms. The second-order valence-electron chi connectivity index (χ2n) is 4.35. The molecule has 1 aromatic rings. The summed E-state index contributed by atoms with van der Waals surface area (Å²) in [6.45, 7) is 5.73. The molecule has 0 aliphatic rings. The Kier molecular flexibility index (Phi) is 6.87. The second kappa shape index (κ2) is 8.17. The minimum absolute atomic E-state index is 0.226. The van der Waals surface area contributed by atoms with Gasteiger partial charge in [-0.1, -0.05) is 19.1 Å². The first-order chi connectivity index (χ1) is 9.07. The van der Waals surface area contributed by atoms with Gasteiger partial charge < -0.3 is 10.1 Å². The van der Waals surface area contributed by atoms with E-state index in [2.05, 4.69) is 5.32 Å². The lowest BCUT2D eigenvalue weighted by Crippen LogP contribution is -2.19. The number of hydrogen-bond acceptors (Lipinski definition) is 4. The molecule has 5 heteroatoms. The van der Waals surface area contributed by atoms with Gasteiger partial charge in [0.25, 0.3) is 0 Å². The number of hydrogen-bond donors (Lipinski definition) is 1. The molecule has 0 amide bonds. The Morgan fingerprint density at radius 1 is 1.26 bits per heavy atom. The van der Waals surface area contributed by atoms with E-state index in [1.165, 1.54) is 0 Å². The summed E-state index contributed by atoms with van der Waals surface area (Å²) in [6.07, 6.45) is 0.654. The predicted octanol–water partition coefficient (Wildman–Crippen LogP) is 2.00. The zero-order chi connectivity index (χ0) is 14.1. The smallest absolute Gasteiger partial charge is 0.150 e. The molecule has 108 valence electrons. The summed E-state index contributed by atoms with van der Waals surface area (Å²) in [5.74, 6) is 1.36. The Hall–Kier alpha value is -1.07. The Bertz CT molecular complexity index is 471. The number of nitrogens with one attached hydrogen (secondary N) is 1. The topological polar surface area (TPSA) is 55.4 Å². The molecule has 0 spiro atoms. The van der Waals surface area contributed by atoms with E-state index in [0.717, 1.165) is 17.9 Å². The van der Waals surface area contributed by atoms with Crippen LogP contribution in [0.1, 0.15) is 25.8 Å². The molecule has 0 unspecified atom stereocenters. The Morgan fingerprint density at radius 2 is 2.05 bits per heavy atom. The fraction of sp³-hybridized carbons (Fsp3) is 0.571. The van der Waals surface area contributed by atoms with Crippen LogP contribution in [0.2, 0.25) is 0 Å². The van der Waals surface area contributed by atoms with Crippen molar-refractivity contribution in [3.63, 3.8) is 0 Å². The monoisotopic (exact) mass is 285 g/mol. The van der Waals surface area contributed by atoms with E-state index < -0.39 is 9.84 Å². The van der Waals surface area contributed by atoms with Gasteiger partial charge in [-0.2, -0.15) is 0 Å². The van der Waals surface area contributed by atoms with Crippen LogP contribution in [-0.2, 0) is 16.4 Å². The third kappa shape index (κ3) is 6.59. The van der Waals surface area contributed by atoms with Crippen molar-refractivity contribution in [2.75, 3.05) is 24.7 Å².